The lowest BCUT2D eigenvalue weighted by molar-refractivity contribution is -0.154. The number of carbonyl (C=O) groups is 1. The molecule has 0 bridgehead atoms. The molecule has 1 amide bonds. The van der Waals surface area contributed by atoms with E-state index >= 15 is 0 Å². The van der Waals surface area contributed by atoms with Gasteiger partial charge in [0.25, 0.3) is 0 Å². The van der Waals surface area contributed by atoms with Crippen molar-refractivity contribution in [2.75, 3.05) is 20.2 Å². The summed E-state index contributed by atoms with van der Waals surface area (Å²) in [5.74, 6) is -0.228. The van der Waals surface area contributed by atoms with Crippen LogP contribution in [0, 0.1) is 0 Å². The molecule has 0 saturated heterocycles. The highest BCUT2D eigenvalue weighted by Crippen LogP contribution is 2.17. The standard InChI is InChI=1S/C13H18F3N3O2.2ClH/c1-17-5-2-3-11(20)19-8-10-4-6-18-12(7-10)21-9-13(14,15)16;;/h4,6-7,17H,2-3,5,8-9H2,1H3,(H,19,20);2*1H. The molecule has 0 radical (unpaired) electrons. The van der Waals surface area contributed by atoms with Crippen LogP contribution in [-0.4, -0.2) is 37.3 Å². The lowest BCUT2D eigenvalue weighted by atomic mass is 10.2. The third kappa shape index (κ3) is 11.9. The van der Waals surface area contributed by atoms with E-state index in [4.69, 9.17) is 0 Å². The second kappa shape index (κ2) is 12.2. The molecule has 1 aromatic rings. The third-order valence-electron chi connectivity index (χ3n) is 2.50. The highest BCUT2D eigenvalue weighted by molar-refractivity contribution is 5.85. The van der Waals surface area contributed by atoms with Crippen molar-refractivity contribution < 1.29 is 22.7 Å². The third-order valence-corrected chi connectivity index (χ3v) is 2.50. The second-order valence-electron chi connectivity index (χ2n) is 4.39. The van der Waals surface area contributed by atoms with Crippen molar-refractivity contribution in [3.05, 3.63) is 23.9 Å². The summed E-state index contributed by atoms with van der Waals surface area (Å²) in [6.07, 6.45) is -1.95. The number of nitrogens with one attached hydrogen (secondary N) is 2. The fraction of sp³-hybridized carbons (Fsp3) is 0.538. The Morgan fingerprint density at radius 3 is 2.65 bits per heavy atom. The van der Waals surface area contributed by atoms with Gasteiger partial charge in [-0.3, -0.25) is 4.79 Å². The summed E-state index contributed by atoms with van der Waals surface area (Å²) in [5.41, 5.74) is 0.629. The summed E-state index contributed by atoms with van der Waals surface area (Å²) in [6.45, 7) is -0.415. The summed E-state index contributed by atoms with van der Waals surface area (Å²) in [6, 6.07) is 2.98. The molecule has 23 heavy (non-hydrogen) atoms. The highest BCUT2D eigenvalue weighted by Gasteiger charge is 2.28. The molecule has 1 aromatic heterocycles. The average molecular weight is 378 g/mol. The molecular weight excluding hydrogens is 358 g/mol. The molecule has 1 rings (SSSR count). The highest BCUT2D eigenvalue weighted by atomic mass is 35.5. The Morgan fingerprint density at radius 1 is 1.35 bits per heavy atom. The number of pyridine rings is 1. The number of alkyl halides is 3. The van der Waals surface area contributed by atoms with E-state index in [2.05, 4.69) is 20.4 Å². The number of carbonyl (C=O) groups excluding carboxylic acids is 1. The molecule has 134 valence electrons. The summed E-state index contributed by atoms with van der Waals surface area (Å²) in [7, 11) is 1.80. The Kier molecular flexibility index (Phi) is 12.7. The van der Waals surface area contributed by atoms with Gasteiger partial charge >= 0.3 is 6.18 Å². The van der Waals surface area contributed by atoms with Gasteiger partial charge in [0.1, 0.15) is 0 Å². The molecule has 2 N–H and O–H groups in total. The summed E-state index contributed by atoms with van der Waals surface area (Å²) >= 11 is 0. The minimum atomic E-state index is -4.40. The summed E-state index contributed by atoms with van der Waals surface area (Å²) in [5, 5.41) is 5.62. The van der Waals surface area contributed by atoms with Crippen LogP contribution in [-0.2, 0) is 11.3 Å². The SMILES string of the molecule is CNCCCC(=O)NCc1ccnc(OCC(F)(F)F)c1.Cl.Cl. The van der Waals surface area contributed by atoms with Crippen molar-refractivity contribution in [3.63, 3.8) is 0 Å². The molecule has 5 nitrogen and oxygen atoms in total. The van der Waals surface area contributed by atoms with Crippen LogP contribution in [0.4, 0.5) is 13.2 Å². The Hall–Kier alpha value is -1.25. The van der Waals surface area contributed by atoms with E-state index < -0.39 is 12.8 Å². The van der Waals surface area contributed by atoms with Crippen molar-refractivity contribution in [2.45, 2.75) is 25.6 Å². The number of rotatable bonds is 8. The zero-order valence-electron chi connectivity index (χ0n) is 12.5. The first-order valence-electron chi connectivity index (χ1n) is 6.46. The quantitative estimate of drug-likeness (QED) is 0.683. The number of aromatic nitrogens is 1. The van der Waals surface area contributed by atoms with Crippen LogP contribution >= 0.6 is 24.8 Å². The zero-order chi connectivity index (χ0) is 15.7. The van der Waals surface area contributed by atoms with E-state index in [0.717, 1.165) is 13.0 Å². The van der Waals surface area contributed by atoms with Crippen LogP contribution in [0.15, 0.2) is 18.3 Å². The van der Waals surface area contributed by atoms with Crippen molar-refractivity contribution in [1.29, 1.82) is 0 Å². The molecule has 0 atom stereocenters. The van der Waals surface area contributed by atoms with Crippen LogP contribution < -0.4 is 15.4 Å². The minimum Gasteiger partial charge on any atom is -0.468 e. The first kappa shape index (κ1) is 24.0. The maximum absolute atomic E-state index is 12.0. The summed E-state index contributed by atoms with van der Waals surface area (Å²) < 4.78 is 40.6. The summed E-state index contributed by atoms with van der Waals surface area (Å²) in [4.78, 5) is 15.2. The van der Waals surface area contributed by atoms with Crippen LogP contribution in [0.2, 0.25) is 0 Å². The van der Waals surface area contributed by atoms with Gasteiger partial charge in [-0.1, -0.05) is 0 Å². The maximum Gasteiger partial charge on any atom is 0.422 e. The fourth-order valence-corrected chi connectivity index (χ4v) is 1.51. The van der Waals surface area contributed by atoms with E-state index in [9.17, 15) is 18.0 Å². The number of nitrogens with zero attached hydrogens (tertiary/aromatic N) is 1. The normalized spacial score (nSPS) is 10.3. The first-order valence-corrected chi connectivity index (χ1v) is 6.46. The molecule has 0 unspecified atom stereocenters. The van der Waals surface area contributed by atoms with Crippen LogP contribution in [0.5, 0.6) is 5.88 Å². The molecule has 0 aliphatic heterocycles. The lowest BCUT2D eigenvalue weighted by Crippen LogP contribution is -2.24. The molecule has 0 aliphatic carbocycles. The molecule has 10 heteroatoms. The zero-order valence-corrected chi connectivity index (χ0v) is 14.1. The average Bonchev–Trinajstić information content (AvgIpc) is 2.43. The van der Waals surface area contributed by atoms with Crippen molar-refractivity contribution in [3.8, 4) is 5.88 Å². The maximum atomic E-state index is 12.0. The molecule has 1 heterocycles. The molecule has 0 aliphatic rings. The van der Waals surface area contributed by atoms with Crippen molar-refractivity contribution in [2.24, 2.45) is 0 Å². The predicted molar refractivity (Wildman–Crippen MR) is 85.3 cm³/mol. The Labute approximate surface area is 145 Å². The smallest absolute Gasteiger partial charge is 0.422 e. The molecule has 0 aromatic carbocycles. The predicted octanol–water partition coefficient (Wildman–Crippen LogP) is 2.48. The van der Waals surface area contributed by atoms with Gasteiger partial charge in [-0.25, -0.2) is 4.98 Å². The van der Waals surface area contributed by atoms with E-state index in [0.29, 0.717) is 12.0 Å². The lowest BCUT2D eigenvalue weighted by Gasteiger charge is -2.10. The number of halogens is 5. The van der Waals surface area contributed by atoms with Crippen LogP contribution in [0.1, 0.15) is 18.4 Å². The van der Waals surface area contributed by atoms with E-state index in [1.165, 1.54) is 12.3 Å². The monoisotopic (exact) mass is 377 g/mol. The molecule has 0 fully saturated rings. The molecule has 0 saturated carbocycles. The van der Waals surface area contributed by atoms with E-state index in [1.807, 2.05) is 0 Å². The van der Waals surface area contributed by atoms with Gasteiger partial charge in [0.2, 0.25) is 11.8 Å². The van der Waals surface area contributed by atoms with E-state index in [1.54, 1.807) is 13.1 Å². The first-order chi connectivity index (χ1) is 9.90. The largest absolute Gasteiger partial charge is 0.468 e. The van der Waals surface area contributed by atoms with Gasteiger partial charge in [0.05, 0.1) is 0 Å². The van der Waals surface area contributed by atoms with Gasteiger partial charge in [0, 0.05) is 25.2 Å². The van der Waals surface area contributed by atoms with Gasteiger partial charge < -0.3 is 15.4 Å². The Bertz CT molecular complexity index is 462. The minimum absolute atomic E-state index is 0. The molecule has 0 spiro atoms. The molecular formula is C13H20Cl2F3N3O2. The van der Waals surface area contributed by atoms with Gasteiger partial charge in [-0.2, -0.15) is 13.2 Å². The Balaban J connectivity index is 0. The van der Waals surface area contributed by atoms with Crippen LogP contribution in [0.25, 0.3) is 0 Å². The van der Waals surface area contributed by atoms with Gasteiger partial charge in [-0.05, 0) is 31.6 Å². The number of amides is 1. The van der Waals surface area contributed by atoms with Crippen LogP contribution in [0.3, 0.4) is 0 Å². The van der Waals surface area contributed by atoms with Gasteiger partial charge in [0.15, 0.2) is 6.61 Å². The second-order valence-corrected chi connectivity index (χ2v) is 4.39. The fourth-order valence-electron chi connectivity index (χ4n) is 1.51. The number of hydrogen-bond acceptors (Lipinski definition) is 4. The number of hydrogen-bond donors (Lipinski definition) is 2. The van der Waals surface area contributed by atoms with Crippen molar-refractivity contribution in [1.82, 2.24) is 15.6 Å². The van der Waals surface area contributed by atoms with E-state index in [-0.39, 0.29) is 43.1 Å². The topological polar surface area (TPSA) is 63.2 Å². The van der Waals surface area contributed by atoms with Gasteiger partial charge in [-0.15, -0.1) is 24.8 Å². The van der Waals surface area contributed by atoms with Crippen molar-refractivity contribution >= 4 is 30.7 Å². The number of ether oxygens (including phenoxy) is 1. The Morgan fingerprint density at radius 2 is 2.04 bits per heavy atom.